The number of anilines is 1. The lowest BCUT2D eigenvalue weighted by molar-refractivity contribution is 0.170. The maximum atomic E-state index is 11.8. The number of nitrogens with zero attached hydrogens (tertiary/aromatic N) is 6. The molecule has 0 aromatic carbocycles. The molecule has 2 rings (SSSR count). The highest BCUT2D eigenvalue weighted by molar-refractivity contribution is 5.81. The molecule has 2 heterocycles. The highest BCUT2D eigenvalue weighted by Gasteiger charge is 2.19. The number of carbonyl (C=O) groups excluding carboxylic acids is 1. The molecule has 0 unspecified atom stereocenters. The fourth-order valence-corrected chi connectivity index (χ4v) is 1.70. The summed E-state index contributed by atoms with van der Waals surface area (Å²) in [5, 5.41) is 0. The Morgan fingerprint density at radius 2 is 1.90 bits per heavy atom. The van der Waals surface area contributed by atoms with Crippen LogP contribution >= 0.6 is 0 Å². The molecule has 0 saturated carbocycles. The quantitative estimate of drug-likeness (QED) is 0.854. The summed E-state index contributed by atoms with van der Waals surface area (Å²) in [6, 6.07) is 0.192. The van der Waals surface area contributed by atoms with Crippen molar-refractivity contribution in [3.63, 3.8) is 0 Å². The van der Waals surface area contributed by atoms with Gasteiger partial charge in [-0.05, 0) is 13.8 Å². The molecule has 0 aliphatic rings. The van der Waals surface area contributed by atoms with Crippen LogP contribution in [-0.2, 0) is 0 Å². The number of hydrogen-bond donors (Lipinski definition) is 0. The first-order valence-electron chi connectivity index (χ1n) is 6.62. The number of hydrogen-bond acceptors (Lipinski definition) is 6. The van der Waals surface area contributed by atoms with E-state index in [4.69, 9.17) is 4.74 Å². The van der Waals surface area contributed by atoms with Gasteiger partial charge < -0.3 is 19.1 Å². The molecular formula is C13H20N6O2. The van der Waals surface area contributed by atoms with Gasteiger partial charge in [0.15, 0.2) is 11.2 Å². The molecule has 0 aliphatic carbocycles. The number of rotatable bonds is 3. The van der Waals surface area contributed by atoms with Crippen molar-refractivity contribution >= 4 is 23.2 Å². The SMILES string of the molecule is CC(C)n1cnc2c(OC(=O)N(C)C)nc(N(C)C)nc21. The molecule has 0 aliphatic heterocycles. The van der Waals surface area contributed by atoms with Crippen molar-refractivity contribution in [2.24, 2.45) is 0 Å². The first-order valence-corrected chi connectivity index (χ1v) is 6.62. The Hall–Kier alpha value is -2.38. The van der Waals surface area contributed by atoms with Gasteiger partial charge in [0.2, 0.25) is 5.95 Å². The Morgan fingerprint density at radius 1 is 1.24 bits per heavy atom. The summed E-state index contributed by atoms with van der Waals surface area (Å²) in [5.74, 6) is 0.633. The molecule has 0 spiro atoms. The third kappa shape index (κ3) is 2.88. The van der Waals surface area contributed by atoms with Gasteiger partial charge in [0, 0.05) is 34.2 Å². The van der Waals surface area contributed by atoms with E-state index in [9.17, 15) is 4.79 Å². The van der Waals surface area contributed by atoms with Crippen molar-refractivity contribution in [2.45, 2.75) is 19.9 Å². The van der Waals surface area contributed by atoms with Gasteiger partial charge in [-0.1, -0.05) is 0 Å². The second kappa shape index (κ2) is 5.55. The van der Waals surface area contributed by atoms with Crippen LogP contribution in [0.2, 0.25) is 0 Å². The van der Waals surface area contributed by atoms with Crippen LogP contribution in [0.15, 0.2) is 6.33 Å². The molecule has 1 amide bonds. The van der Waals surface area contributed by atoms with Crippen LogP contribution in [0.5, 0.6) is 5.88 Å². The number of carbonyl (C=O) groups is 1. The molecule has 0 saturated heterocycles. The topological polar surface area (TPSA) is 76.4 Å². The number of amides is 1. The third-order valence-electron chi connectivity index (χ3n) is 2.88. The van der Waals surface area contributed by atoms with Crippen LogP contribution in [-0.4, -0.2) is 58.7 Å². The van der Waals surface area contributed by atoms with Crippen molar-refractivity contribution < 1.29 is 9.53 Å². The molecule has 0 atom stereocenters. The lowest BCUT2D eigenvalue weighted by Crippen LogP contribution is -2.26. The molecule has 21 heavy (non-hydrogen) atoms. The molecule has 0 bridgehead atoms. The van der Waals surface area contributed by atoms with Crippen LogP contribution in [0, 0.1) is 0 Å². The van der Waals surface area contributed by atoms with E-state index in [1.165, 1.54) is 4.90 Å². The van der Waals surface area contributed by atoms with Crippen molar-refractivity contribution in [1.29, 1.82) is 0 Å². The predicted molar refractivity (Wildman–Crippen MR) is 79.7 cm³/mol. The molecule has 114 valence electrons. The summed E-state index contributed by atoms with van der Waals surface area (Å²) in [7, 11) is 6.88. The number of imidazole rings is 1. The van der Waals surface area contributed by atoms with Crippen LogP contribution in [0.4, 0.5) is 10.7 Å². The standard InChI is InChI=1S/C13H20N6O2/c1-8(2)19-7-14-9-10(19)15-12(17(3)4)16-11(9)21-13(20)18(5)6/h7-8H,1-6H3. The smallest absolute Gasteiger partial charge is 0.388 e. The highest BCUT2D eigenvalue weighted by atomic mass is 16.6. The van der Waals surface area contributed by atoms with Crippen LogP contribution in [0.1, 0.15) is 19.9 Å². The molecule has 0 fully saturated rings. The zero-order valence-corrected chi connectivity index (χ0v) is 13.2. The summed E-state index contributed by atoms with van der Waals surface area (Å²) in [6.45, 7) is 4.06. The highest BCUT2D eigenvalue weighted by Crippen LogP contribution is 2.26. The Kier molecular flexibility index (Phi) is 3.97. The van der Waals surface area contributed by atoms with Crippen LogP contribution in [0.25, 0.3) is 11.2 Å². The van der Waals surface area contributed by atoms with Gasteiger partial charge in [0.05, 0.1) is 6.33 Å². The Labute approximate surface area is 123 Å². The number of ether oxygens (including phenoxy) is 1. The molecule has 2 aromatic rings. The van der Waals surface area contributed by atoms with Crippen LogP contribution < -0.4 is 9.64 Å². The Balaban J connectivity index is 2.60. The van der Waals surface area contributed by atoms with E-state index in [1.807, 2.05) is 32.5 Å². The van der Waals surface area contributed by atoms with E-state index >= 15 is 0 Å². The largest absolute Gasteiger partial charge is 0.416 e. The minimum atomic E-state index is -0.501. The zero-order chi connectivity index (χ0) is 15.7. The number of fused-ring (bicyclic) bond motifs is 1. The maximum Gasteiger partial charge on any atom is 0.416 e. The second-order valence-corrected chi connectivity index (χ2v) is 5.40. The lowest BCUT2D eigenvalue weighted by atomic mass is 10.4. The van der Waals surface area contributed by atoms with Crippen molar-refractivity contribution in [2.75, 3.05) is 33.1 Å². The average molecular weight is 292 g/mol. The fraction of sp³-hybridized carbons (Fsp3) is 0.538. The first kappa shape index (κ1) is 15.0. The van der Waals surface area contributed by atoms with Crippen molar-refractivity contribution in [1.82, 2.24) is 24.4 Å². The molecular weight excluding hydrogens is 272 g/mol. The lowest BCUT2D eigenvalue weighted by Gasteiger charge is -2.15. The normalized spacial score (nSPS) is 11.0. The fourth-order valence-electron chi connectivity index (χ4n) is 1.70. The summed E-state index contributed by atoms with van der Waals surface area (Å²) in [6.07, 6.45) is 1.18. The first-order chi connectivity index (χ1) is 9.81. The third-order valence-corrected chi connectivity index (χ3v) is 2.88. The maximum absolute atomic E-state index is 11.8. The van der Waals surface area contributed by atoms with Gasteiger partial charge in [0.1, 0.15) is 0 Å². The Bertz CT molecular complexity index is 662. The molecule has 8 heteroatoms. The molecule has 0 radical (unpaired) electrons. The van der Waals surface area contributed by atoms with Gasteiger partial charge >= 0.3 is 6.09 Å². The van der Waals surface area contributed by atoms with Gasteiger partial charge in [-0.3, -0.25) is 0 Å². The summed E-state index contributed by atoms with van der Waals surface area (Å²) in [4.78, 5) is 27.9. The van der Waals surface area contributed by atoms with Gasteiger partial charge in [-0.15, -0.1) is 0 Å². The monoisotopic (exact) mass is 292 g/mol. The van der Waals surface area contributed by atoms with E-state index in [0.717, 1.165) is 0 Å². The second-order valence-electron chi connectivity index (χ2n) is 5.40. The van der Waals surface area contributed by atoms with Crippen molar-refractivity contribution in [3.8, 4) is 5.88 Å². The zero-order valence-electron chi connectivity index (χ0n) is 13.2. The van der Waals surface area contributed by atoms with E-state index in [0.29, 0.717) is 17.1 Å². The van der Waals surface area contributed by atoms with Crippen molar-refractivity contribution in [3.05, 3.63) is 6.33 Å². The van der Waals surface area contributed by atoms with E-state index in [-0.39, 0.29) is 11.9 Å². The minimum Gasteiger partial charge on any atom is -0.388 e. The van der Waals surface area contributed by atoms with Crippen LogP contribution in [0.3, 0.4) is 0 Å². The van der Waals surface area contributed by atoms with Gasteiger partial charge in [-0.2, -0.15) is 9.97 Å². The summed E-state index contributed by atoms with van der Waals surface area (Å²) in [5.41, 5.74) is 1.12. The molecule has 0 N–H and O–H groups in total. The predicted octanol–water partition coefficient (Wildman–Crippen LogP) is 1.53. The van der Waals surface area contributed by atoms with Gasteiger partial charge in [-0.25, -0.2) is 9.78 Å². The Morgan fingerprint density at radius 3 is 2.43 bits per heavy atom. The van der Waals surface area contributed by atoms with E-state index < -0.39 is 6.09 Å². The summed E-state index contributed by atoms with van der Waals surface area (Å²) >= 11 is 0. The van der Waals surface area contributed by atoms with E-state index in [1.54, 1.807) is 25.3 Å². The summed E-state index contributed by atoms with van der Waals surface area (Å²) < 4.78 is 7.22. The average Bonchev–Trinajstić information content (AvgIpc) is 2.82. The molecule has 2 aromatic heterocycles. The number of aromatic nitrogens is 4. The van der Waals surface area contributed by atoms with Gasteiger partial charge in [0.25, 0.3) is 5.88 Å². The van der Waals surface area contributed by atoms with E-state index in [2.05, 4.69) is 15.0 Å². The molecule has 8 nitrogen and oxygen atoms in total. The minimum absolute atomic E-state index is 0.168.